The summed E-state index contributed by atoms with van der Waals surface area (Å²) in [7, 11) is 0. The molecule has 2 N–H and O–H groups in total. The van der Waals surface area contributed by atoms with E-state index in [-0.39, 0.29) is 12.1 Å². The average molecular weight is 283 g/mol. The first-order chi connectivity index (χ1) is 10.2. The number of aryl methyl sites for hydroxylation is 3. The summed E-state index contributed by atoms with van der Waals surface area (Å²) in [4.78, 5) is 0. The summed E-state index contributed by atoms with van der Waals surface area (Å²) >= 11 is 0. The van der Waals surface area contributed by atoms with E-state index in [1.807, 2.05) is 0 Å². The van der Waals surface area contributed by atoms with Crippen molar-refractivity contribution in [2.24, 2.45) is 5.73 Å². The molecule has 3 nitrogen and oxygen atoms in total. The van der Waals surface area contributed by atoms with Crippen LogP contribution < -0.4 is 5.73 Å². The summed E-state index contributed by atoms with van der Waals surface area (Å²) in [6.07, 6.45) is 5.41. The zero-order valence-corrected chi connectivity index (χ0v) is 13.0. The fourth-order valence-corrected chi connectivity index (χ4v) is 3.46. The van der Waals surface area contributed by atoms with E-state index < -0.39 is 0 Å². The highest BCUT2D eigenvalue weighted by molar-refractivity contribution is 5.32. The lowest BCUT2D eigenvalue weighted by Crippen LogP contribution is -2.26. The Bertz CT molecular complexity index is 615. The van der Waals surface area contributed by atoms with Crippen LogP contribution in [0.4, 0.5) is 0 Å². The summed E-state index contributed by atoms with van der Waals surface area (Å²) in [5.41, 5.74) is 11.8. The van der Waals surface area contributed by atoms with Crippen LogP contribution in [0.1, 0.15) is 61.3 Å². The summed E-state index contributed by atoms with van der Waals surface area (Å²) in [6, 6.07) is 11.2. The second-order valence-corrected chi connectivity index (χ2v) is 5.96. The van der Waals surface area contributed by atoms with Gasteiger partial charge in [-0.2, -0.15) is 5.10 Å². The molecule has 21 heavy (non-hydrogen) atoms. The highest BCUT2D eigenvalue weighted by atomic mass is 15.3. The Labute approximate surface area is 127 Å². The summed E-state index contributed by atoms with van der Waals surface area (Å²) in [5.74, 6) is 0. The Balaban J connectivity index is 2.01. The fraction of sp³-hybridized carbons (Fsp3) is 0.500. The van der Waals surface area contributed by atoms with Gasteiger partial charge in [-0.3, -0.25) is 4.68 Å². The van der Waals surface area contributed by atoms with Gasteiger partial charge in [-0.1, -0.05) is 38.1 Å². The second kappa shape index (κ2) is 6.02. The molecule has 3 rings (SSSR count). The van der Waals surface area contributed by atoms with E-state index in [2.05, 4.69) is 48.9 Å². The van der Waals surface area contributed by atoms with Crippen LogP contribution in [0.2, 0.25) is 0 Å². The van der Waals surface area contributed by atoms with Gasteiger partial charge in [0.25, 0.3) is 0 Å². The molecule has 2 unspecified atom stereocenters. The number of benzene rings is 1. The zero-order chi connectivity index (χ0) is 14.8. The highest BCUT2D eigenvalue weighted by Gasteiger charge is 2.28. The van der Waals surface area contributed by atoms with Gasteiger partial charge < -0.3 is 5.73 Å². The van der Waals surface area contributed by atoms with E-state index in [0.29, 0.717) is 0 Å². The predicted octanol–water partition coefficient (Wildman–Crippen LogP) is 3.59. The number of hydrogen-bond acceptors (Lipinski definition) is 2. The summed E-state index contributed by atoms with van der Waals surface area (Å²) < 4.78 is 2.21. The first-order valence-corrected chi connectivity index (χ1v) is 8.15. The van der Waals surface area contributed by atoms with Crippen LogP contribution in [0.3, 0.4) is 0 Å². The SMILES string of the molecule is CCc1cc(CC)n(C2CCCc3ccccc3C2N)n1. The van der Waals surface area contributed by atoms with Crippen LogP contribution in [0, 0.1) is 0 Å². The van der Waals surface area contributed by atoms with E-state index in [0.717, 1.165) is 25.7 Å². The lowest BCUT2D eigenvalue weighted by Gasteiger charge is -2.25. The Hall–Kier alpha value is -1.61. The number of nitrogens with two attached hydrogens (primary N) is 1. The van der Waals surface area contributed by atoms with Gasteiger partial charge in [0.2, 0.25) is 0 Å². The van der Waals surface area contributed by atoms with Crippen LogP contribution in [0.25, 0.3) is 0 Å². The van der Waals surface area contributed by atoms with E-state index in [4.69, 9.17) is 10.8 Å². The van der Waals surface area contributed by atoms with Crippen molar-refractivity contribution in [1.82, 2.24) is 9.78 Å². The summed E-state index contributed by atoms with van der Waals surface area (Å²) in [6.45, 7) is 4.36. The van der Waals surface area contributed by atoms with Crippen molar-refractivity contribution in [1.29, 1.82) is 0 Å². The molecule has 1 aliphatic rings. The molecule has 0 saturated heterocycles. The molecule has 0 aliphatic heterocycles. The van der Waals surface area contributed by atoms with Crippen molar-refractivity contribution < 1.29 is 0 Å². The molecule has 0 spiro atoms. The van der Waals surface area contributed by atoms with E-state index in [9.17, 15) is 0 Å². The van der Waals surface area contributed by atoms with Gasteiger partial charge in [-0.15, -0.1) is 0 Å². The largest absolute Gasteiger partial charge is 0.322 e. The molecule has 1 aliphatic carbocycles. The van der Waals surface area contributed by atoms with Crippen molar-refractivity contribution in [3.8, 4) is 0 Å². The van der Waals surface area contributed by atoms with Crippen LogP contribution >= 0.6 is 0 Å². The van der Waals surface area contributed by atoms with Gasteiger partial charge >= 0.3 is 0 Å². The van der Waals surface area contributed by atoms with E-state index in [1.54, 1.807) is 0 Å². The fourth-order valence-electron chi connectivity index (χ4n) is 3.46. The summed E-state index contributed by atoms with van der Waals surface area (Å²) in [5, 5.41) is 4.82. The Morgan fingerprint density at radius 1 is 1.24 bits per heavy atom. The van der Waals surface area contributed by atoms with Crippen LogP contribution in [0.15, 0.2) is 30.3 Å². The molecule has 112 valence electrons. The maximum Gasteiger partial charge on any atom is 0.0715 e. The molecule has 3 heteroatoms. The number of hydrogen-bond donors (Lipinski definition) is 1. The first-order valence-electron chi connectivity index (χ1n) is 8.15. The number of fused-ring (bicyclic) bond motifs is 1. The van der Waals surface area contributed by atoms with Crippen molar-refractivity contribution in [2.75, 3.05) is 0 Å². The highest BCUT2D eigenvalue weighted by Crippen LogP contribution is 2.35. The Morgan fingerprint density at radius 2 is 2.05 bits per heavy atom. The molecule has 0 bridgehead atoms. The minimum Gasteiger partial charge on any atom is -0.322 e. The van der Waals surface area contributed by atoms with Gasteiger partial charge in [-0.05, 0) is 49.3 Å². The Morgan fingerprint density at radius 3 is 2.81 bits per heavy atom. The first kappa shape index (κ1) is 14.3. The van der Waals surface area contributed by atoms with Crippen molar-refractivity contribution in [3.05, 3.63) is 52.8 Å². The molecule has 2 atom stereocenters. The number of aromatic nitrogens is 2. The van der Waals surface area contributed by atoms with E-state index >= 15 is 0 Å². The van der Waals surface area contributed by atoms with Crippen molar-refractivity contribution in [2.45, 2.75) is 58.0 Å². The third-order valence-electron chi connectivity index (χ3n) is 4.68. The van der Waals surface area contributed by atoms with E-state index in [1.165, 1.54) is 28.9 Å². The van der Waals surface area contributed by atoms with Crippen molar-refractivity contribution in [3.63, 3.8) is 0 Å². The van der Waals surface area contributed by atoms with Crippen molar-refractivity contribution >= 4 is 0 Å². The van der Waals surface area contributed by atoms with Crippen LogP contribution in [-0.2, 0) is 19.3 Å². The lowest BCUT2D eigenvalue weighted by atomic mass is 9.97. The molecular formula is C18H25N3. The molecule has 0 saturated carbocycles. The maximum atomic E-state index is 6.64. The molecule has 1 aromatic heterocycles. The normalized spacial score (nSPS) is 21.9. The van der Waals surface area contributed by atoms with Gasteiger partial charge in [0.1, 0.15) is 0 Å². The molecule has 1 heterocycles. The third kappa shape index (κ3) is 2.62. The maximum absolute atomic E-state index is 6.64. The molecular weight excluding hydrogens is 258 g/mol. The van der Waals surface area contributed by atoms with Gasteiger partial charge in [0.05, 0.1) is 17.8 Å². The standard InChI is InChI=1S/C18H25N3/c1-3-14-12-15(4-2)21(20-14)17-11-7-9-13-8-5-6-10-16(13)18(17)19/h5-6,8,10,12,17-18H,3-4,7,9,11,19H2,1-2H3. The molecule has 2 aromatic rings. The van der Waals surface area contributed by atoms with Gasteiger partial charge in [0, 0.05) is 5.69 Å². The predicted molar refractivity (Wildman–Crippen MR) is 86.3 cm³/mol. The minimum absolute atomic E-state index is 0.0404. The molecule has 1 aromatic carbocycles. The average Bonchev–Trinajstić information content (AvgIpc) is 2.87. The monoisotopic (exact) mass is 283 g/mol. The second-order valence-electron chi connectivity index (χ2n) is 5.96. The zero-order valence-electron chi connectivity index (χ0n) is 13.0. The lowest BCUT2D eigenvalue weighted by molar-refractivity contribution is 0.352. The van der Waals surface area contributed by atoms with Crippen LogP contribution in [0.5, 0.6) is 0 Å². The number of nitrogens with zero attached hydrogens (tertiary/aromatic N) is 2. The minimum atomic E-state index is 0.0404. The van der Waals surface area contributed by atoms with Crippen LogP contribution in [-0.4, -0.2) is 9.78 Å². The van der Waals surface area contributed by atoms with Gasteiger partial charge in [0.15, 0.2) is 0 Å². The smallest absolute Gasteiger partial charge is 0.0715 e. The molecule has 0 radical (unpaired) electrons. The number of rotatable bonds is 3. The quantitative estimate of drug-likeness (QED) is 0.875. The Kier molecular flexibility index (Phi) is 4.11. The topological polar surface area (TPSA) is 43.8 Å². The third-order valence-corrected chi connectivity index (χ3v) is 4.68. The van der Waals surface area contributed by atoms with Gasteiger partial charge in [-0.25, -0.2) is 0 Å². The molecule has 0 amide bonds. The molecule has 0 fully saturated rings.